The zero-order valence-corrected chi connectivity index (χ0v) is 22.1. The Morgan fingerprint density at radius 3 is 2.46 bits per heavy atom. The van der Waals surface area contributed by atoms with Crippen molar-refractivity contribution in [1.29, 1.82) is 0 Å². The largest absolute Gasteiger partial charge is 0.423 e. The summed E-state index contributed by atoms with van der Waals surface area (Å²) in [4.78, 5) is 22.2. The highest BCUT2D eigenvalue weighted by molar-refractivity contribution is 7.89. The minimum Gasteiger partial charge on any atom is -0.423 e. The summed E-state index contributed by atoms with van der Waals surface area (Å²) < 4.78 is 33.8. The molecule has 1 fully saturated rings. The average Bonchev–Trinajstić information content (AvgIpc) is 3.28. The second-order valence-corrected chi connectivity index (χ2v) is 11.6. The first-order chi connectivity index (χ1) is 16.8. The number of thiazole rings is 1. The maximum Gasteiger partial charge on any atom is 0.343 e. The molecule has 0 radical (unpaired) electrons. The molecular weight excluding hydrogens is 484 g/mol. The van der Waals surface area contributed by atoms with Crippen molar-refractivity contribution in [2.75, 3.05) is 51.2 Å². The van der Waals surface area contributed by atoms with Gasteiger partial charge in [0.25, 0.3) is 0 Å². The van der Waals surface area contributed by atoms with Crippen LogP contribution in [0.1, 0.15) is 37.0 Å². The molecule has 0 spiro atoms. The molecule has 0 atom stereocenters. The number of ether oxygens (including phenoxy) is 1. The van der Waals surface area contributed by atoms with E-state index in [1.807, 2.05) is 26.0 Å². The molecule has 0 saturated carbocycles. The minimum atomic E-state index is -3.59. The Kier molecular flexibility index (Phi) is 8.05. The van der Waals surface area contributed by atoms with Gasteiger partial charge in [0, 0.05) is 45.3 Å². The van der Waals surface area contributed by atoms with Crippen molar-refractivity contribution in [3.63, 3.8) is 0 Å². The van der Waals surface area contributed by atoms with E-state index in [0.717, 1.165) is 54.4 Å². The maximum absolute atomic E-state index is 12.9. The molecular formula is C25H32N4O4S2. The van der Waals surface area contributed by atoms with Gasteiger partial charge in [0.2, 0.25) is 10.0 Å². The molecule has 2 heterocycles. The first kappa shape index (κ1) is 25.6. The summed E-state index contributed by atoms with van der Waals surface area (Å²) in [6.07, 6.45) is 1.72. The Morgan fingerprint density at radius 2 is 1.80 bits per heavy atom. The second-order valence-electron chi connectivity index (χ2n) is 8.68. The lowest BCUT2D eigenvalue weighted by molar-refractivity contribution is 0.0735. The fourth-order valence-corrected chi connectivity index (χ4v) is 6.48. The van der Waals surface area contributed by atoms with Crippen LogP contribution in [-0.2, 0) is 10.0 Å². The number of esters is 1. The van der Waals surface area contributed by atoms with Gasteiger partial charge >= 0.3 is 5.97 Å². The van der Waals surface area contributed by atoms with E-state index in [4.69, 9.17) is 9.72 Å². The predicted octanol–water partition coefficient (Wildman–Crippen LogP) is 4.08. The van der Waals surface area contributed by atoms with E-state index in [0.29, 0.717) is 24.4 Å². The number of hydrogen-bond acceptors (Lipinski definition) is 8. The van der Waals surface area contributed by atoms with E-state index in [1.165, 1.54) is 28.6 Å². The molecule has 4 rings (SSSR count). The van der Waals surface area contributed by atoms with Crippen LogP contribution < -0.4 is 9.64 Å². The van der Waals surface area contributed by atoms with Crippen LogP contribution in [0, 0.1) is 0 Å². The van der Waals surface area contributed by atoms with Gasteiger partial charge in [0.05, 0.1) is 20.7 Å². The normalized spacial score (nSPS) is 15.1. The average molecular weight is 517 g/mol. The molecule has 0 unspecified atom stereocenters. The lowest BCUT2D eigenvalue weighted by Gasteiger charge is -2.31. The van der Waals surface area contributed by atoms with Crippen molar-refractivity contribution in [2.45, 2.75) is 31.6 Å². The molecule has 1 saturated heterocycles. The Labute approximate surface area is 211 Å². The van der Waals surface area contributed by atoms with Crippen LogP contribution in [0.2, 0.25) is 0 Å². The smallest absolute Gasteiger partial charge is 0.343 e. The molecule has 0 N–H and O–H groups in total. The van der Waals surface area contributed by atoms with E-state index in [1.54, 1.807) is 17.4 Å². The number of anilines is 1. The SMILES string of the molecule is CCCCN(CC)S(=O)(=O)c1ccc(C(=O)Oc2ccc3nc(N4CCN(C)CC4)sc3c2)cc1. The third-order valence-electron chi connectivity index (χ3n) is 6.17. The van der Waals surface area contributed by atoms with Crippen LogP contribution in [-0.4, -0.2) is 74.9 Å². The molecule has 0 amide bonds. The number of fused-ring (bicyclic) bond motifs is 1. The Bertz CT molecular complexity index is 1270. The predicted molar refractivity (Wildman–Crippen MR) is 140 cm³/mol. The molecule has 35 heavy (non-hydrogen) atoms. The van der Waals surface area contributed by atoms with Crippen LogP contribution in [0.3, 0.4) is 0 Å². The van der Waals surface area contributed by atoms with E-state index in [9.17, 15) is 13.2 Å². The lowest BCUT2D eigenvalue weighted by atomic mass is 10.2. The molecule has 0 aliphatic carbocycles. The van der Waals surface area contributed by atoms with Gasteiger partial charge in [-0.3, -0.25) is 0 Å². The third-order valence-corrected chi connectivity index (χ3v) is 9.24. The maximum atomic E-state index is 12.9. The summed E-state index contributed by atoms with van der Waals surface area (Å²) >= 11 is 1.59. The molecule has 1 aromatic heterocycles. The van der Waals surface area contributed by atoms with Crippen LogP contribution in [0.5, 0.6) is 5.75 Å². The number of hydrogen-bond donors (Lipinski definition) is 0. The number of sulfonamides is 1. The highest BCUT2D eigenvalue weighted by Crippen LogP contribution is 2.32. The zero-order valence-electron chi connectivity index (χ0n) is 20.4. The molecule has 3 aromatic rings. The van der Waals surface area contributed by atoms with Crippen molar-refractivity contribution < 1.29 is 17.9 Å². The van der Waals surface area contributed by atoms with E-state index in [-0.39, 0.29) is 4.90 Å². The van der Waals surface area contributed by atoms with Crippen molar-refractivity contribution >= 4 is 42.7 Å². The number of nitrogens with zero attached hydrogens (tertiary/aromatic N) is 4. The number of carbonyl (C=O) groups excluding carboxylic acids is 1. The summed E-state index contributed by atoms with van der Waals surface area (Å²) in [7, 11) is -1.47. The third kappa shape index (κ3) is 5.83. The Morgan fingerprint density at radius 1 is 1.09 bits per heavy atom. The van der Waals surface area contributed by atoms with E-state index >= 15 is 0 Å². The van der Waals surface area contributed by atoms with E-state index in [2.05, 4.69) is 16.8 Å². The number of piperazine rings is 1. The zero-order chi connectivity index (χ0) is 25.0. The van der Waals surface area contributed by atoms with Gasteiger partial charge in [-0.2, -0.15) is 4.31 Å². The molecule has 188 valence electrons. The number of unbranched alkanes of at least 4 members (excludes halogenated alkanes) is 1. The van der Waals surface area contributed by atoms with Crippen LogP contribution >= 0.6 is 11.3 Å². The number of rotatable bonds is 9. The van der Waals surface area contributed by atoms with Gasteiger partial charge < -0.3 is 14.5 Å². The quantitative estimate of drug-likeness (QED) is 0.313. The topological polar surface area (TPSA) is 83.0 Å². The van der Waals surface area contributed by atoms with Crippen molar-refractivity contribution in [3.8, 4) is 5.75 Å². The highest BCUT2D eigenvalue weighted by atomic mass is 32.2. The standard InChI is InChI=1S/C25H32N4O4S2/c1-4-6-13-29(5-2)35(31,32)21-10-7-19(8-11-21)24(30)33-20-9-12-22-23(18-20)34-25(26-22)28-16-14-27(3)15-17-28/h7-12,18H,4-6,13-17H2,1-3H3. The van der Waals surface area contributed by atoms with Crippen molar-refractivity contribution in [3.05, 3.63) is 48.0 Å². The monoisotopic (exact) mass is 516 g/mol. The second kappa shape index (κ2) is 11.0. The molecule has 10 heteroatoms. The van der Waals surface area contributed by atoms with Gasteiger partial charge in [-0.25, -0.2) is 18.2 Å². The minimum absolute atomic E-state index is 0.175. The first-order valence-electron chi connectivity index (χ1n) is 12.0. The molecule has 1 aliphatic heterocycles. The lowest BCUT2D eigenvalue weighted by Crippen LogP contribution is -2.44. The summed E-state index contributed by atoms with van der Waals surface area (Å²) in [6, 6.07) is 11.4. The Balaban J connectivity index is 1.45. The summed E-state index contributed by atoms with van der Waals surface area (Å²) in [5.74, 6) is -0.0973. The number of carbonyl (C=O) groups is 1. The summed E-state index contributed by atoms with van der Waals surface area (Å²) in [5, 5.41) is 0.980. The number of likely N-dealkylation sites (N-methyl/N-ethyl adjacent to an activating group) is 1. The summed E-state index contributed by atoms with van der Waals surface area (Å²) in [5.41, 5.74) is 1.17. The van der Waals surface area contributed by atoms with Gasteiger partial charge in [0.1, 0.15) is 5.75 Å². The molecule has 8 nitrogen and oxygen atoms in total. The number of aromatic nitrogens is 1. The van der Waals surface area contributed by atoms with Crippen molar-refractivity contribution in [1.82, 2.24) is 14.2 Å². The van der Waals surface area contributed by atoms with E-state index < -0.39 is 16.0 Å². The van der Waals surface area contributed by atoms with Gasteiger partial charge in [0.15, 0.2) is 5.13 Å². The van der Waals surface area contributed by atoms with Crippen molar-refractivity contribution in [2.24, 2.45) is 0 Å². The fraction of sp³-hybridized carbons (Fsp3) is 0.440. The summed E-state index contributed by atoms with van der Waals surface area (Å²) in [6.45, 7) is 8.64. The molecule has 2 aromatic carbocycles. The van der Waals surface area contributed by atoms with Gasteiger partial charge in [-0.1, -0.05) is 31.6 Å². The van der Waals surface area contributed by atoms with Gasteiger partial charge in [-0.05, 0) is 49.9 Å². The van der Waals surface area contributed by atoms with Gasteiger partial charge in [-0.15, -0.1) is 0 Å². The first-order valence-corrected chi connectivity index (χ1v) is 14.2. The highest BCUT2D eigenvalue weighted by Gasteiger charge is 2.23. The molecule has 1 aliphatic rings. The van der Waals surface area contributed by atoms with Crippen LogP contribution in [0.25, 0.3) is 10.2 Å². The van der Waals surface area contributed by atoms with Crippen LogP contribution in [0.15, 0.2) is 47.4 Å². The number of benzene rings is 2. The fourth-order valence-electron chi connectivity index (χ4n) is 3.95. The van der Waals surface area contributed by atoms with Crippen LogP contribution in [0.4, 0.5) is 5.13 Å². The Hall–Kier alpha value is -2.53. The molecule has 0 bridgehead atoms.